The average Bonchev–Trinajstić information content (AvgIpc) is 2.65. The number of hydrogen-bond donors (Lipinski definition) is 1. The van der Waals surface area contributed by atoms with Crippen LogP contribution in [0.1, 0.15) is 26.6 Å². The first-order valence-electron chi connectivity index (χ1n) is 4.95. The Bertz CT molecular complexity index is 500. The molecular formula is C11H13N3O2. The quantitative estimate of drug-likeness (QED) is 0.795. The van der Waals surface area contributed by atoms with Gasteiger partial charge in [0.15, 0.2) is 5.82 Å². The minimum Gasteiger partial charge on any atom is -0.506 e. The highest BCUT2D eigenvalue weighted by Gasteiger charge is 2.21. The van der Waals surface area contributed by atoms with Crippen LogP contribution in [-0.4, -0.2) is 20.2 Å². The van der Waals surface area contributed by atoms with Crippen molar-refractivity contribution in [2.75, 3.05) is 0 Å². The molecule has 0 atom stereocenters. The maximum absolute atomic E-state index is 9.29. The van der Waals surface area contributed by atoms with Gasteiger partial charge in [0, 0.05) is 11.6 Å². The van der Waals surface area contributed by atoms with Gasteiger partial charge < -0.3 is 9.63 Å². The second-order valence-electron chi connectivity index (χ2n) is 4.60. The maximum Gasteiger partial charge on any atom is 0.259 e. The van der Waals surface area contributed by atoms with Crippen molar-refractivity contribution in [3.63, 3.8) is 0 Å². The van der Waals surface area contributed by atoms with Gasteiger partial charge in [-0.2, -0.15) is 4.98 Å². The molecule has 5 heteroatoms. The van der Waals surface area contributed by atoms with Crippen molar-refractivity contribution < 1.29 is 9.63 Å². The zero-order valence-electron chi connectivity index (χ0n) is 9.43. The Morgan fingerprint density at radius 3 is 2.56 bits per heavy atom. The molecule has 0 saturated heterocycles. The summed E-state index contributed by atoms with van der Waals surface area (Å²) in [5.74, 6) is 1.08. The van der Waals surface area contributed by atoms with Crippen LogP contribution in [0.4, 0.5) is 0 Å². The highest BCUT2D eigenvalue weighted by molar-refractivity contribution is 5.53. The summed E-state index contributed by atoms with van der Waals surface area (Å²) in [5, 5.41) is 13.2. The molecule has 2 rings (SSSR count). The lowest BCUT2D eigenvalue weighted by molar-refractivity contribution is 0.402. The molecule has 84 valence electrons. The predicted octanol–water partition coefficient (Wildman–Crippen LogP) is 2.13. The van der Waals surface area contributed by atoms with Gasteiger partial charge in [-0.1, -0.05) is 25.9 Å². The molecule has 2 heterocycles. The Morgan fingerprint density at radius 1 is 1.25 bits per heavy atom. The lowest BCUT2D eigenvalue weighted by atomic mass is 9.96. The van der Waals surface area contributed by atoms with E-state index in [4.69, 9.17) is 4.52 Å². The average molecular weight is 219 g/mol. The Morgan fingerprint density at radius 2 is 2.00 bits per heavy atom. The third kappa shape index (κ3) is 2.03. The van der Waals surface area contributed by atoms with Crippen LogP contribution < -0.4 is 0 Å². The number of nitrogens with zero attached hydrogens (tertiary/aromatic N) is 3. The second-order valence-corrected chi connectivity index (χ2v) is 4.60. The van der Waals surface area contributed by atoms with Crippen LogP contribution in [0, 0.1) is 0 Å². The molecule has 0 amide bonds. The second kappa shape index (κ2) is 3.59. The molecule has 0 bridgehead atoms. The zero-order chi connectivity index (χ0) is 11.8. The van der Waals surface area contributed by atoms with Gasteiger partial charge in [0.2, 0.25) is 0 Å². The standard InChI is InChI=1S/C11H13N3O2/c1-11(2,3)10-13-9(16-14-10)7-4-8(15)6-12-5-7/h4-6,15H,1-3H3. The number of aromatic nitrogens is 3. The van der Waals surface area contributed by atoms with E-state index >= 15 is 0 Å². The van der Waals surface area contributed by atoms with E-state index in [-0.39, 0.29) is 11.2 Å². The van der Waals surface area contributed by atoms with Crippen molar-refractivity contribution in [3.8, 4) is 17.2 Å². The monoisotopic (exact) mass is 219 g/mol. The highest BCUT2D eigenvalue weighted by Crippen LogP contribution is 2.24. The van der Waals surface area contributed by atoms with Crippen molar-refractivity contribution >= 4 is 0 Å². The molecule has 0 aromatic carbocycles. The van der Waals surface area contributed by atoms with E-state index < -0.39 is 0 Å². The summed E-state index contributed by atoms with van der Waals surface area (Å²) in [4.78, 5) is 8.12. The molecule has 0 saturated carbocycles. The van der Waals surface area contributed by atoms with E-state index in [1.54, 1.807) is 6.20 Å². The maximum atomic E-state index is 9.29. The third-order valence-corrected chi connectivity index (χ3v) is 2.07. The fourth-order valence-corrected chi connectivity index (χ4v) is 1.19. The highest BCUT2D eigenvalue weighted by atomic mass is 16.5. The molecule has 0 spiro atoms. The van der Waals surface area contributed by atoms with Gasteiger partial charge in [-0.3, -0.25) is 4.98 Å². The summed E-state index contributed by atoms with van der Waals surface area (Å²) in [5.41, 5.74) is 0.453. The first-order chi connectivity index (χ1) is 7.47. The van der Waals surface area contributed by atoms with E-state index in [1.807, 2.05) is 20.8 Å². The van der Waals surface area contributed by atoms with E-state index in [0.717, 1.165) is 0 Å². The largest absolute Gasteiger partial charge is 0.506 e. The van der Waals surface area contributed by atoms with Crippen LogP contribution in [0.15, 0.2) is 23.0 Å². The van der Waals surface area contributed by atoms with Crippen molar-refractivity contribution in [1.82, 2.24) is 15.1 Å². The summed E-state index contributed by atoms with van der Waals surface area (Å²) in [6, 6.07) is 1.53. The Kier molecular flexibility index (Phi) is 2.38. The van der Waals surface area contributed by atoms with Crippen LogP contribution in [0.25, 0.3) is 11.5 Å². The first-order valence-corrected chi connectivity index (χ1v) is 4.95. The molecule has 0 aliphatic carbocycles. The van der Waals surface area contributed by atoms with Crippen LogP contribution in [0.3, 0.4) is 0 Å². The third-order valence-electron chi connectivity index (χ3n) is 2.07. The Labute approximate surface area is 93.1 Å². The molecule has 5 nitrogen and oxygen atoms in total. The Balaban J connectivity index is 2.39. The van der Waals surface area contributed by atoms with Crippen molar-refractivity contribution in [2.24, 2.45) is 0 Å². The number of hydrogen-bond acceptors (Lipinski definition) is 5. The molecule has 1 N–H and O–H groups in total. The summed E-state index contributed by atoms with van der Waals surface area (Å²) in [6.07, 6.45) is 2.92. The number of aromatic hydroxyl groups is 1. The Hall–Kier alpha value is -1.91. The summed E-state index contributed by atoms with van der Waals surface area (Å²) >= 11 is 0. The van der Waals surface area contributed by atoms with E-state index in [1.165, 1.54) is 12.3 Å². The lowest BCUT2D eigenvalue weighted by Gasteiger charge is -2.10. The molecule has 0 radical (unpaired) electrons. The minimum absolute atomic E-state index is 0.0769. The van der Waals surface area contributed by atoms with Crippen LogP contribution in [0.2, 0.25) is 0 Å². The van der Waals surface area contributed by atoms with Crippen molar-refractivity contribution in [3.05, 3.63) is 24.3 Å². The lowest BCUT2D eigenvalue weighted by Crippen LogP contribution is -2.13. The van der Waals surface area contributed by atoms with Crippen LogP contribution >= 0.6 is 0 Å². The van der Waals surface area contributed by atoms with E-state index in [0.29, 0.717) is 17.3 Å². The van der Waals surface area contributed by atoms with Crippen molar-refractivity contribution in [2.45, 2.75) is 26.2 Å². The van der Waals surface area contributed by atoms with Gasteiger partial charge >= 0.3 is 0 Å². The molecular weight excluding hydrogens is 206 g/mol. The van der Waals surface area contributed by atoms with Gasteiger partial charge in [0.25, 0.3) is 5.89 Å². The molecule has 0 fully saturated rings. The summed E-state index contributed by atoms with van der Waals surface area (Å²) in [6.45, 7) is 6.01. The summed E-state index contributed by atoms with van der Waals surface area (Å²) in [7, 11) is 0. The van der Waals surface area contributed by atoms with Crippen LogP contribution in [0.5, 0.6) is 5.75 Å². The molecule has 0 aliphatic rings. The summed E-state index contributed by atoms with van der Waals surface area (Å²) < 4.78 is 5.12. The normalized spacial score (nSPS) is 11.7. The first kappa shape index (κ1) is 10.6. The molecule has 0 aliphatic heterocycles. The minimum atomic E-state index is -0.161. The SMILES string of the molecule is CC(C)(C)c1noc(-c2cncc(O)c2)n1. The number of rotatable bonds is 1. The zero-order valence-corrected chi connectivity index (χ0v) is 9.43. The van der Waals surface area contributed by atoms with E-state index in [9.17, 15) is 5.11 Å². The van der Waals surface area contributed by atoms with Gasteiger partial charge in [0.1, 0.15) is 5.75 Å². The van der Waals surface area contributed by atoms with Gasteiger partial charge in [-0.15, -0.1) is 0 Å². The van der Waals surface area contributed by atoms with Crippen molar-refractivity contribution in [1.29, 1.82) is 0 Å². The predicted molar refractivity (Wildman–Crippen MR) is 57.9 cm³/mol. The smallest absolute Gasteiger partial charge is 0.259 e. The molecule has 0 unspecified atom stereocenters. The fraction of sp³-hybridized carbons (Fsp3) is 0.364. The molecule has 2 aromatic heterocycles. The number of pyridine rings is 1. The van der Waals surface area contributed by atoms with Gasteiger partial charge in [-0.25, -0.2) is 0 Å². The van der Waals surface area contributed by atoms with E-state index in [2.05, 4.69) is 15.1 Å². The molecule has 16 heavy (non-hydrogen) atoms. The fourth-order valence-electron chi connectivity index (χ4n) is 1.19. The molecule has 2 aromatic rings. The van der Waals surface area contributed by atoms with Crippen LogP contribution in [-0.2, 0) is 5.41 Å². The van der Waals surface area contributed by atoms with Gasteiger partial charge in [0.05, 0.1) is 11.8 Å². The topological polar surface area (TPSA) is 72.0 Å². The van der Waals surface area contributed by atoms with Gasteiger partial charge in [-0.05, 0) is 6.07 Å².